The number of guanidine groups is 1. The number of hydrogen-bond donors (Lipinski definition) is 2. The average molecular weight is 323 g/mol. The predicted octanol–water partition coefficient (Wildman–Crippen LogP) is 2.20. The van der Waals surface area contributed by atoms with Crippen molar-refractivity contribution in [1.29, 1.82) is 0 Å². The Balaban J connectivity index is 2.25. The Hall–Kier alpha value is -2.74. The minimum atomic E-state index is -0.390. The minimum Gasteiger partial charge on any atom is -0.384 e. The second-order valence-electron chi connectivity index (χ2n) is 6.00. The summed E-state index contributed by atoms with van der Waals surface area (Å²) in [6.07, 6.45) is 7.15. The van der Waals surface area contributed by atoms with Crippen LogP contribution in [0.4, 0.5) is 0 Å². The molecule has 1 aliphatic rings. The summed E-state index contributed by atoms with van der Waals surface area (Å²) in [5.41, 5.74) is 15.4. The average Bonchev–Trinajstić information content (AvgIpc) is 2.96. The lowest BCUT2D eigenvalue weighted by Gasteiger charge is -2.29. The molecule has 0 saturated carbocycles. The van der Waals surface area contributed by atoms with E-state index in [2.05, 4.69) is 40.7 Å². The van der Waals surface area contributed by atoms with Crippen LogP contribution in [0.2, 0.25) is 0 Å². The molecule has 1 aromatic carbocycles. The van der Waals surface area contributed by atoms with Crippen molar-refractivity contribution in [3.63, 3.8) is 0 Å². The van der Waals surface area contributed by atoms with Crippen molar-refractivity contribution in [2.24, 2.45) is 21.5 Å². The smallest absolute Gasteiger partial charge is 0.194 e. The lowest BCUT2D eigenvalue weighted by molar-refractivity contribution is 0.342. The van der Waals surface area contributed by atoms with E-state index in [4.69, 9.17) is 17.9 Å². The van der Waals surface area contributed by atoms with E-state index in [-0.39, 0.29) is 6.04 Å². The molecule has 0 fully saturated rings. The molecular formula is C19H25N5. The molecule has 2 atom stereocenters. The Morgan fingerprint density at radius 3 is 2.79 bits per heavy atom. The molecule has 0 radical (unpaired) electrons. The molecule has 5 heteroatoms. The van der Waals surface area contributed by atoms with Crippen LogP contribution in [0.5, 0.6) is 0 Å². The first-order valence-corrected chi connectivity index (χ1v) is 8.04. The first kappa shape index (κ1) is 17.6. The molecule has 0 saturated heterocycles. The normalized spacial score (nSPS) is 18.6. The standard InChI is InChI=1S/C19H25N5/c1-5-12-24(17-11-10-15-8-6-7-9-16(15)17)19(21)23-14(4)22-18(20)13(2)3/h1,6-9,14,17H,2,10-12H2,3-4H3,(H2,20,22)(H2,21,23)/t14?,17-/m1/s1. The van der Waals surface area contributed by atoms with Crippen molar-refractivity contribution in [1.82, 2.24) is 4.90 Å². The summed E-state index contributed by atoms with van der Waals surface area (Å²) in [6.45, 7) is 7.81. The Morgan fingerprint density at radius 2 is 2.12 bits per heavy atom. The van der Waals surface area contributed by atoms with E-state index < -0.39 is 6.17 Å². The number of amidine groups is 1. The van der Waals surface area contributed by atoms with Crippen LogP contribution in [0.3, 0.4) is 0 Å². The Labute approximate surface area is 144 Å². The van der Waals surface area contributed by atoms with Gasteiger partial charge in [-0.1, -0.05) is 36.8 Å². The molecule has 0 heterocycles. The van der Waals surface area contributed by atoms with Gasteiger partial charge in [-0.2, -0.15) is 0 Å². The molecule has 0 aliphatic heterocycles. The maximum atomic E-state index is 6.24. The number of benzene rings is 1. The van der Waals surface area contributed by atoms with Crippen molar-refractivity contribution in [2.75, 3.05) is 6.54 Å². The lowest BCUT2D eigenvalue weighted by atomic mass is 10.1. The zero-order chi connectivity index (χ0) is 17.7. The molecular weight excluding hydrogens is 298 g/mol. The van der Waals surface area contributed by atoms with Gasteiger partial charge in [0.25, 0.3) is 0 Å². The van der Waals surface area contributed by atoms with E-state index in [1.807, 2.05) is 17.9 Å². The summed E-state index contributed by atoms with van der Waals surface area (Å²) in [5.74, 6) is 3.45. The lowest BCUT2D eigenvalue weighted by Crippen LogP contribution is -2.40. The molecule has 0 spiro atoms. The van der Waals surface area contributed by atoms with Crippen LogP contribution in [-0.2, 0) is 6.42 Å². The zero-order valence-corrected chi connectivity index (χ0v) is 14.4. The first-order chi connectivity index (χ1) is 11.4. The molecule has 126 valence electrons. The van der Waals surface area contributed by atoms with E-state index in [1.54, 1.807) is 6.92 Å². The predicted molar refractivity (Wildman–Crippen MR) is 101 cm³/mol. The van der Waals surface area contributed by atoms with E-state index in [1.165, 1.54) is 11.1 Å². The van der Waals surface area contributed by atoms with Gasteiger partial charge in [0, 0.05) is 0 Å². The molecule has 1 unspecified atom stereocenters. The Kier molecular flexibility index (Phi) is 5.64. The number of nitrogens with two attached hydrogens (primary N) is 2. The van der Waals surface area contributed by atoms with Crippen molar-refractivity contribution in [3.8, 4) is 12.3 Å². The van der Waals surface area contributed by atoms with Gasteiger partial charge in [0.1, 0.15) is 12.0 Å². The number of fused-ring (bicyclic) bond motifs is 1. The first-order valence-electron chi connectivity index (χ1n) is 8.04. The highest BCUT2D eigenvalue weighted by Crippen LogP contribution is 2.35. The number of aliphatic imine (C=N–C) groups is 2. The Bertz CT molecular complexity index is 711. The molecule has 1 aliphatic carbocycles. The van der Waals surface area contributed by atoms with Gasteiger partial charge < -0.3 is 16.4 Å². The molecule has 5 nitrogen and oxygen atoms in total. The van der Waals surface area contributed by atoms with Crippen LogP contribution in [0, 0.1) is 12.3 Å². The number of rotatable bonds is 5. The van der Waals surface area contributed by atoms with E-state index >= 15 is 0 Å². The highest BCUT2D eigenvalue weighted by Gasteiger charge is 2.28. The van der Waals surface area contributed by atoms with Crippen LogP contribution < -0.4 is 11.5 Å². The van der Waals surface area contributed by atoms with Gasteiger partial charge in [0.05, 0.1) is 12.6 Å². The van der Waals surface area contributed by atoms with Crippen molar-refractivity contribution in [3.05, 3.63) is 47.5 Å². The molecule has 24 heavy (non-hydrogen) atoms. The van der Waals surface area contributed by atoms with Crippen molar-refractivity contribution >= 4 is 11.8 Å². The molecule has 4 N–H and O–H groups in total. The van der Waals surface area contributed by atoms with Crippen molar-refractivity contribution < 1.29 is 0 Å². The van der Waals surface area contributed by atoms with Gasteiger partial charge in [-0.3, -0.25) is 0 Å². The number of terminal acetylenes is 1. The van der Waals surface area contributed by atoms with Crippen LogP contribution in [0.25, 0.3) is 0 Å². The van der Waals surface area contributed by atoms with Gasteiger partial charge in [-0.05, 0) is 43.4 Å². The fourth-order valence-electron chi connectivity index (χ4n) is 2.91. The maximum absolute atomic E-state index is 6.24. The number of nitrogens with zero attached hydrogens (tertiary/aromatic N) is 3. The number of hydrogen-bond acceptors (Lipinski definition) is 2. The van der Waals surface area contributed by atoms with Gasteiger partial charge in [0.15, 0.2) is 5.96 Å². The third-order valence-electron chi connectivity index (χ3n) is 4.12. The summed E-state index contributed by atoms with van der Waals surface area (Å²) in [6, 6.07) is 8.53. The molecule has 1 aromatic rings. The molecule has 0 bridgehead atoms. The van der Waals surface area contributed by atoms with Gasteiger partial charge in [-0.25, -0.2) is 9.98 Å². The van der Waals surface area contributed by atoms with Crippen molar-refractivity contribution in [2.45, 2.75) is 38.9 Å². The third-order valence-corrected chi connectivity index (χ3v) is 4.12. The van der Waals surface area contributed by atoms with Crippen LogP contribution in [0.1, 0.15) is 37.4 Å². The van der Waals surface area contributed by atoms with E-state index in [9.17, 15) is 0 Å². The quantitative estimate of drug-likeness (QED) is 0.495. The fraction of sp³-hybridized carbons (Fsp3) is 0.368. The largest absolute Gasteiger partial charge is 0.384 e. The SMILES string of the molecule is C#CCN(C(N)=NC(C)N=C(N)C(=C)C)[C@@H]1CCc2ccccc21. The summed E-state index contributed by atoms with van der Waals surface area (Å²) in [4.78, 5) is 10.7. The summed E-state index contributed by atoms with van der Waals surface area (Å²) in [7, 11) is 0. The van der Waals surface area contributed by atoms with E-state index in [0.717, 1.165) is 12.8 Å². The van der Waals surface area contributed by atoms with E-state index in [0.29, 0.717) is 23.9 Å². The van der Waals surface area contributed by atoms with Gasteiger partial charge in [0.2, 0.25) is 0 Å². The summed E-state index contributed by atoms with van der Waals surface area (Å²) in [5, 5.41) is 0. The summed E-state index contributed by atoms with van der Waals surface area (Å²) < 4.78 is 0. The molecule has 0 amide bonds. The summed E-state index contributed by atoms with van der Waals surface area (Å²) >= 11 is 0. The highest BCUT2D eigenvalue weighted by atomic mass is 15.3. The monoisotopic (exact) mass is 323 g/mol. The second-order valence-corrected chi connectivity index (χ2v) is 6.00. The number of aryl methyl sites for hydroxylation is 1. The topological polar surface area (TPSA) is 80.0 Å². The second kappa shape index (κ2) is 7.69. The van der Waals surface area contributed by atoms with Crippen LogP contribution in [0.15, 0.2) is 46.4 Å². The van der Waals surface area contributed by atoms with Gasteiger partial charge >= 0.3 is 0 Å². The zero-order valence-electron chi connectivity index (χ0n) is 14.4. The van der Waals surface area contributed by atoms with Crippen LogP contribution in [-0.4, -0.2) is 29.4 Å². The minimum absolute atomic E-state index is 0.149. The van der Waals surface area contributed by atoms with Crippen LogP contribution >= 0.6 is 0 Å². The third kappa shape index (κ3) is 3.96. The Morgan fingerprint density at radius 1 is 1.42 bits per heavy atom. The highest BCUT2D eigenvalue weighted by molar-refractivity contribution is 5.95. The fourth-order valence-corrected chi connectivity index (χ4v) is 2.91. The molecule has 0 aromatic heterocycles. The van der Waals surface area contributed by atoms with Gasteiger partial charge in [-0.15, -0.1) is 6.42 Å². The maximum Gasteiger partial charge on any atom is 0.194 e. The molecule has 2 rings (SSSR count).